The van der Waals surface area contributed by atoms with E-state index in [4.69, 9.17) is 4.74 Å². The minimum absolute atomic E-state index is 0.0268. The second-order valence-electron chi connectivity index (χ2n) is 9.80. The zero-order valence-corrected chi connectivity index (χ0v) is 21.9. The number of ether oxygens (including phenoxy) is 1. The molecular weight excluding hydrogens is 493 g/mol. The average molecular weight is 526 g/mol. The number of methoxy groups -OCH3 is 1. The number of benzene rings is 3. The van der Waals surface area contributed by atoms with Crippen molar-refractivity contribution in [1.29, 1.82) is 0 Å². The van der Waals surface area contributed by atoms with Crippen LogP contribution in [0.4, 0.5) is 10.1 Å². The highest BCUT2D eigenvalue weighted by molar-refractivity contribution is 6.10. The van der Waals surface area contributed by atoms with Gasteiger partial charge in [0.15, 0.2) is 0 Å². The summed E-state index contributed by atoms with van der Waals surface area (Å²) in [6, 6.07) is 25.1. The van der Waals surface area contributed by atoms with E-state index in [0.717, 1.165) is 43.4 Å². The van der Waals surface area contributed by atoms with Crippen LogP contribution >= 0.6 is 0 Å². The molecule has 39 heavy (non-hydrogen) atoms. The molecular formula is C32H32FN3O3. The minimum Gasteiger partial charge on any atom is -0.495 e. The second kappa shape index (κ2) is 12.0. The van der Waals surface area contributed by atoms with E-state index in [9.17, 15) is 14.0 Å². The van der Waals surface area contributed by atoms with Gasteiger partial charge in [0.2, 0.25) is 5.91 Å². The zero-order valence-electron chi connectivity index (χ0n) is 21.9. The molecule has 1 aliphatic carbocycles. The molecule has 2 N–H and O–H groups in total. The summed E-state index contributed by atoms with van der Waals surface area (Å²) in [6.45, 7) is 0. The van der Waals surface area contributed by atoms with Gasteiger partial charge in [0.05, 0.1) is 12.8 Å². The zero-order chi connectivity index (χ0) is 27.2. The summed E-state index contributed by atoms with van der Waals surface area (Å²) < 4.78 is 19.6. The predicted molar refractivity (Wildman–Crippen MR) is 150 cm³/mol. The molecule has 0 aliphatic heterocycles. The fourth-order valence-electron chi connectivity index (χ4n) is 5.22. The number of anilines is 1. The number of hydrogen-bond donors (Lipinski definition) is 2. The van der Waals surface area contributed by atoms with Crippen molar-refractivity contribution in [3.05, 3.63) is 108 Å². The quantitative estimate of drug-likeness (QED) is 0.270. The van der Waals surface area contributed by atoms with Crippen molar-refractivity contribution in [3.63, 3.8) is 0 Å². The topological polar surface area (TPSA) is 74.4 Å². The molecule has 6 nitrogen and oxygen atoms in total. The summed E-state index contributed by atoms with van der Waals surface area (Å²) in [5.41, 5.74) is 2.97. The van der Waals surface area contributed by atoms with Gasteiger partial charge in [0.25, 0.3) is 5.91 Å². The number of H-pyrrole nitrogens is 1. The molecule has 0 radical (unpaired) electrons. The second-order valence-corrected chi connectivity index (χ2v) is 9.80. The van der Waals surface area contributed by atoms with Crippen LogP contribution in [0.15, 0.2) is 91.0 Å². The van der Waals surface area contributed by atoms with Crippen molar-refractivity contribution in [1.82, 2.24) is 10.3 Å². The van der Waals surface area contributed by atoms with Crippen LogP contribution in [0.2, 0.25) is 0 Å². The number of nitrogens with one attached hydrogen (secondary N) is 2. The molecule has 0 bridgehead atoms. The molecule has 1 heterocycles. The SMILES string of the molecule is COc1ccccc1N(C(=O)c1ccc(-c2ccccc2)[nH]1)C(C(=O)NC1CCCCC1)c1ccc(F)cc1. The Kier molecular flexibility index (Phi) is 8.06. The summed E-state index contributed by atoms with van der Waals surface area (Å²) in [5.74, 6) is -0.701. The van der Waals surface area contributed by atoms with Gasteiger partial charge >= 0.3 is 0 Å². The lowest BCUT2D eigenvalue weighted by molar-refractivity contribution is -0.123. The molecule has 1 aliphatic rings. The summed E-state index contributed by atoms with van der Waals surface area (Å²) in [7, 11) is 1.53. The third kappa shape index (κ3) is 5.87. The molecule has 7 heteroatoms. The van der Waals surface area contributed by atoms with Gasteiger partial charge in [0.1, 0.15) is 23.3 Å². The molecule has 0 saturated heterocycles. The maximum Gasteiger partial charge on any atom is 0.275 e. The first kappa shape index (κ1) is 26.2. The van der Waals surface area contributed by atoms with Gasteiger partial charge in [-0.05, 0) is 60.4 Å². The number of para-hydroxylation sites is 2. The Morgan fingerprint density at radius 1 is 0.897 bits per heavy atom. The van der Waals surface area contributed by atoms with Crippen molar-refractivity contribution in [3.8, 4) is 17.0 Å². The molecule has 1 atom stereocenters. The number of halogens is 1. The number of nitrogens with zero attached hydrogens (tertiary/aromatic N) is 1. The van der Waals surface area contributed by atoms with E-state index in [1.54, 1.807) is 36.4 Å². The number of aromatic amines is 1. The van der Waals surface area contributed by atoms with Crippen LogP contribution < -0.4 is 15.0 Å². The van der Waals surface area contributed by atoms with Crippen LogP contribution in [0.5, 0.6) is 5.75 Å². The summed E-state index contributed by atoms with van der Waals surface area (Å²) in [5, 5.41) is 3.18. The number of carbonyl (C=O) groups is 2. The van der Waals surface area contributed by atoms with Crippen LogP contribution in [-0.2, 0) is 4.79 Å². The van der Waals surface area contributed by atoms with E-state index in [2.05, 4.69) is 10.3 Å². The highest BCUT2D eigenvalue weighted by Crippen LogP contribution is 2.36. The Bertz CT molecular complexity index is 1410. The van der Waals surface area contributed by atoms with Crippen molar-refractivity contribution in [2.24, 2.45) is 0 Å². The molecule has 2 amide bonds. The van der Waals surface area contributed by atoms with E-state index >= 15 is 0 Å². The molecule has 4 aromatic rings. The normalized spacial score (nSPS) is 14.4. The van der Waals surface area contributed by atoms with Crippen LogP contribution in [0, 0.1) is 5.82 Å². The fourth-order valence-corrected chi connectivity index (χ4v) is 5.22. The Hall–Kier alpha value is -4.39. The Morgan fingerprint density at radius 3 is 2.31 bits per heavy atom. The van der Waals surface area contributed by atoms with Crippen molar-refractivity contribution >= 4 is 17.5 Å². The molecule has 5 rings (SSSR count). The monoisotopic (exact) mass is 525 g/mol. The smallest absolute Gasteiger partial charge is 0.275 e. The number of rotatable bonds is 8. The summed E-state index contributed by atoms with van der Waals surface area (Å²) >= 11 is 0. The number of aromatic nitrogens is 1. The van der Waals surface area contributed by atoms with Crippen molar-refractivity contribution in [2.45, 2.75) is 44.2 Å². The Labute approximate surface area is 227 Å². The first-order valence-electron chi connectivity index (χ1n) is 13.3. The van der Waals surface area contributed by atoms with E-state index in [-0.39, 0.29) is 11.9 Å². The third-order valence-electron chi connectivity index (χ3n) is 7.21. The maximum absolute atomic E-state index is 14.3. The lowest BCUT2D eigenvalue weighted by Crippen LogP contribution is -2.47. The molecule has 0 spiro atoms. The maximum atomic E-state index is 14.3. The number of carbonyl (C=O) groups excluding carboxylic acids is 2. The highest BCUT2D eigenvalue weighted by Gasteiger charge is 2.36. The number of hydrogen-bond acceptors (Lipinski definition) is 3. The third-order valence-corrected chi connectivity index (χ3v) is 7.21. The molecule has 200 valence electrons. The molecule has 3 aromatic carbocycles. The lowest BCUT2D eigenvalue weighted by Gasteiger charge is -2.34. The van der Waals surface area contributed by atoms with E-state index < -0.39 is 17.8 Å². The van der Waals surface area contributed by atoms with Crippen molar-refractivity contribution in [2.75, 3.05) is 12.0 Å². The van der Waals surface area contributed by atoms with E-state index in [0.29, 0.717) is 22.7 Å². The van der Waals surface area contributed by atoms with E-state index in [1.165, 1.54) is 24.1 Å². The predicted octanol–water partition coefficient (Wildman–Crippen LogP) is 6.67. The minimum atomic E-state index is -1.06. The Balaban J connectivity index is 1.60. The van der Waals surface area contributed by atoms with Gasteiger partial charge in [-0.15, -0.1) is 0 Å². The number of amides is 2. The van der Waals surface area contributed by atoms with Gasteiger partial charge in [0, 0.05) is 11.7 Å². The van der Waals surface area contributed by atoms with Crippen LogP contribution in [0.3, 0.4) is 0 Å². The highest BCUT2D eigenvalue weighted by atomic mass is 19.1. The first-order valence-corrected chi connectivity index (χ1v) is 13.3. The van der Waals surface area contributed by atoms with Crippen molar-refractivity contribution < 1.29 is 18.7 Å². The molecule has 1 aromatic heterocycles. The molecule has 1 fully saturated rings. The average Bonchev–Trinajstić information content (AvgIpc) is 3.48. The van der Waals surface area contributed by atoms with Gasteiger partial charge in [-0.2, -0.15) is 0 Å². The van der Waals surface area contributed by atoms with Crippen LogP contribution in [-0.4, -0.2) is 29.9 Å². The van der Waals surface area contributed by atoms with Crippen LogP contribution in [0.25, 0.3) is 11.3 Å². The standard InChI is InChI=1S/C32H32FN3O3/c1-39-29-15-9-8-14-28(29)36(32(38)27-21-20-26(35-27)22-10-4-2-5-11-22)30(23-16-18-24(33)19-17-23)31(37)34-25-12-6-3-7-13-25/h2,4-5,8-11,14-21,25,30,35H,3,6-7,12-13H2,1H3,(H,34,37). The summed E-state index contributed by atoms with van der Waals surface area (Å²) in [6.07, 6.45) is 5.03. The fraction of sp³-hybridized carbons (Fsp3) is 0.250. The van der Waals surface area contributed by atoms with Gasteiger partial charge < -0.3 is 15.0 Å². The first-order chi connectivity index (χ1) is 19.0. The van der Waals surface area contributed by atoms with E-state index in [1.807, 2.05) is 42.5 Å². The largest absolute Gasteiger partial charge is 0.495 e. The van der Waals surface area contributed by atoms with Crippen LogP contribution in [0.1, 0.15) is 54.2 Å². The van der Waals surface area contributed by atoms with Gasteiger partial charge in [-0.3, -0.25) is 14.5 Å². The molecule has 1 saturated carbocycles. The van der Waals surface area contributed by atoms with Gasteiger partial charge in [-0.1, -0.05) is 73.9 Å². The lowest BCUT2D eigenvalue weighted by atomic mass is 9.94. The van der Waals surface area contributed by atoms with Gasteiger partial charge in [-0.25, -0.2) is 4.39 Å². The Morgan fingerprint density at radius 2 is 1.59 bits per heavy atom. The molecule has 1 unspecified atom stereocenters. The summed E-state index contributed by atoms with van der Waals surface area (Å²) in [4.78, 5) is 33.0.